The summed E-state index contributed by atoms with van der Waals surface area (Å²) in [6, 6.07) is 5.13. The van der Waals surface area contributed by atoms with Crippen LogP contribution in [0.3, 0.4) is 0 Å². The van der Waals surface area contributed by atoms with Crippen LogP contribution in [-0.4, -0.2) is 43.4 Å². The Morgan fingerprint density at radius 2 is 2.07 bits per heavy atom. The summed E-state index contributed by atoms with van der Waals surface area (Å²) in [4.78, 5) is 27.6. The highest BCUT2D eigenvalue weighted by Crippen LogP contribution is 2.30. The second kappa shape index (κ2) is 9.92. The first kappa shape index (κ1) is 21.5. The summed E-state index contributed by atoms with van der Waals surface area (Å²) in [6.07, 6.45) is 4.74. The molecule has 2 N–H and O–H groups in total. The third-order valence-corrected chi connectivity index (χ3v) is 5.94. The molecule has 0 atom stereocenters. The van der Waals surface area contributed by atoms with Crippen molar-refractivity contribution in [2.45, 2.75) is 26.2 Å². The molecule has 1 aliphatic rings. The third-order valence-electron chi connectivity index (χ3n) is 4.80. The smallest absolute Gasteiger partial charge is 0.291 e. The fourth-order valence-electron chi connectivity index (χ4n) is 3.25. The van der Waals surface area contributed by atoms with Gasteiger partial charge in [0.1, 0.15) is 0 Å². The average Bonchev–Trinajstić information content (AvgIpc) is 3.30. The Morgan fingerprint density at radius 1 is 1.33 bits per heavy atom. The molecule has 0 saturated carbocycles. The highest BCUT2D eigenvalue weighted by Gasteiger charge is 2.26. The van der Waals surface area contributed by atoms with Crippen molar-refractivity contribution in [1.29, 1.82) is 0 Å². The first-order chi connectivity index (χ1) is 12.6. The SMILES string of the molecule is CNCCC1CCN(C(=O)c2sc(NC(=O)c3ccco3)cc2C)CC1.Cl. The monoisotopic (exact) mass is 411 g/mol. The van der Waals surface area contributed by atoms with Crippen LogP contribution in [0.15, 0.2) is 28.9 Å². The number of carbonyl (C=O) groups is 2. The lowest BCUT2D eigenvalue weighted by Crippen LogP contribution is -2.38. The van der Waals surface area contributed by atoms with E-state index in [0.717, 1.165) is 38.0 Å². The van der Waals surface area contributed by atoms with E-state index < -0.39 is 0 Å². The molecule has 2 amide bonds. The van der Waals surface area contributed by atoms with Gasteiger partial charge in [-0.3, -0.25) is 9.59 Å². The topological polar surface area (TPSA) is 74.6 Å². The van der Waals surface area contributed by atoms with E-state index in [1.165, 1.54) is 24.0 Å². The first-order valence-corrected chi connectivity index (χ1v) is 9.79. The molecule has 0 spiro atoms. The second-order valence-electron chi connectivity index (χ2n) is 6.68. The van der Waals surface area contributed by atoms with Crippen LogP contribution in [0.1, 0.15) is 45.1 Å². The molecule has 0 unspecified atom stereocenters. The quantitative estimate of drug-likeness (QED) is 0.758. The Labute approximate surface area is 169 Å². The lowest BCUT2D eigenvalue weighted by Gasteiger charge is -2.32. The predicted molar refractivity (Wildman–Crippen MR) is 110 cm³/mol. The number of nitrogens with one attached hydrogen (secondary N) is 2. The van der Waals surface area contributed by atoms with Gasteiger partial charge in [0.15, 0.2) is 5.76 Å². The number of amides is 2. The number of thiophene rings is 1. The molecule has 0 radical (unpaired) electrons. The van der Waals surface area contributed by atoms with E-state index in [1.54, 1.807) is 12.1 Å². The van der Waals surface area contributed by atoms with Crippen molar-refractivity contribution >= 4 is 40.6 Å². The summed E-state index contributed by atoms with van der Waals surface area (Å²) in [5, 5.41) is 6.66. The van der Waals surface area contributed by atoms with E-state index in [0.29, 0.717) is 15.8 Å². The van der Waals surface area contributed by atoms with Gasteiger partial charge >= 0.3 is 0 Å². The summed E-state index contributed by atoms with van der Waals surface area (Å²) in [6.45, 7) is 4.55. The van der Waals surface area contributed by atoms with Gasteiger partial charge < -0.3 is 20.0 Å². The predicted octanol–water partition coefficient (Wildman–Crippen LogP) is 3.79. The molecule has 8 heteroatoms. The Bertz CT molecular complexity index is 752. The van der Waals surface area contributed by atoms with E-state index in [-0.39, 0.29) is 30.0 Å². The zero-order valence-electron chi connectivity index (χ0n) is 15.6. The molecule has 1 fully saturated rings. The molecule has 148 valence electrons. The van der Waals surface area contributed by atoms with Gasteiger partial charge in [0, 0.05) is 13.1 Å². The molecular formula is C19H26ClN3O3S. The van der Waals surface area contributed by atoms with E-state index in [2.05, 4.69) is 10.6 Å². The zero-order valence-corrected chi connectivity index (χ0v) is 17.3. The fraction of sp³-hybridized carbons (Fsp3) is 0.474. The lowest BCUT2D eigenvalue weighted by molar-refractivity contribution is 0.0691. The largest absolute Gasteiger partial charge is 0.459 e. The summed E-state index contributed by atoms with van der Waals surface area (Å²) in [5.41, 5.74) is 0.895. The Morgan fingerprint density at radius 3 is 2.70 bits per heavy atom. The molecule has 0 bridgehead atoms. The van der Waals surface area contributed by atoms with Crippen LogP contribution >= 0.6 is 23.7 Å². The highest BCUT2D eigenvalue weighted by molar-refractivity contribution is 7.18. The molecule has 3 rings (SSSR count). The number of rotatable bonds is 6. The van der Waals surface area contributed by atoms with Crippen molar-refractivity contribution in [3.8, 4) is 0 Å². The average molecular weight is 412 g/mol. The molecule has 27 heavy (non-hydrogen) atoms. The van der Waals surface area contributed by atoms with E-state index >= 15 is 0 Å². The van der Waals surface area contributed by atoms with E-state index in [4.69, 9.17) is 4.42 Å². The van der Waals surface area contributed by atoms with Crippen LogP contribution in [0, 0.1) is 12.8 Å². The minimum atomic E-state index is -0.305. The Kier molecular flexibility index (Phi) is 7.89. The van der Waals surface area contributed by atoms with Crippen molar-refractivity contribution < 1.29 is 14.0 Å². The number of hydrogen-bond acceptors (Lipinski definition) is 5. The minimum absolute atomic E-state index is 0. The van der Waals surface area contributed by atoms with Gasteiger partial charge in [-0.05, 0) is 69.5 Å². The molecule has 3 heterocycles. The Balaban J connectivity index is 0.00000261. The number of carbonyl (C=O) groups excluding carboxylic acids is 2. The third kappa shape index (κ3) is 5.34. The van der Waals surface area contributed by atoms with Crippen molar-refractivity contribution in [2.75, 3.05) is 32.0 Å². The number of aryl methyl sites for hydroxylation is 1. The molecule has 0 aliphatic carbocycles. The second-order valence-corrected chi connectivity index (χ2v) is 7.73. The lowest BCUT2D eigenvalue weighted by atomic mass is 9.93. The molecule has 1 aliphatic heterocycles. The number of halogens is 1. The van der Waals surface area contributed by atoms with Crippen molar-refractivity contribution in [3.63, 3.8) is 0 Å². The Hall–Kier alpha value is -1.83. The number of likely N-dealkylation sites (tertiary alicyclic amines) is 1. The summed E-state index contributed by atoms with van der Waals surface area (Å²) in [5.74, 6) is 0.713. The van der Waals surface area contributed by atoms with Gasteiger partial charge in [0.05, 0.1) is 16.1 Å². The van der Waals surface area contributed by atoms with Crippen molar-refractivity contribution in [3.05, 3.63) is 40.7 Å². The van der Waals surface area contributed by atoms with Crippen LogP contribution in [0.2, 0.25) is 0 Å². The maximum atomic E-state index is 12.9. The normalized spacial score (nSPS) is 14.7. The number of nitrogens with zero attached hydrogens (tertiary/aromatic N) is 1. The van der Waals surface area contributed by atoms with Gasteiger partial charge in [0.2, 0.25) is 0 Å². The van der Waals surface area contributed by atoms with Gasteiger partial charge in [-0.15, -0.1) is 23.7 Å². The fourth-order valence-corrected chi connectivity index (χ4v) is 4.29. The van der Waals surface area contributed by atoms with Gasteiger partial charge in [-0.25, -0.2) is 0 Å². The van der Waals surface area contributed by atoms with Crippen LogP contribution in [0.4, 0.5) is 5.00 Å². The highest BCUT2D eigenvalue weighted by atomic mass is 35.5. The van der Waals surface area contributed by atoms with E-state index in [1.807, 2.05) is 24.9 Å². The van der Waals surface area contributed by atoms with Crippen LogP contribution in [-0.2, 0) is 0 Å². The van der Waals surface area contributed by atoms with E-state index in [9.17, 15) is 9.59 Å². The summed E-state index contributed by atoms with van der Waals surface area (Å²) < 4.78 is 5.10. The maximum absolute atomic E-state index is 12.9. The van der Waals surface area contributed by atoms with Crippen LogP contribution in [0.25, 0.3) is 0 Å². The first-order valence-electron chi connectivity index (χ1n) is 8.97. The van der Waals surface area contributed by atoms with Crippen LogP contribution < -0.4 is 10.6 Å². The molecule has 0 aromatic carbocycles. The molecule has 2 aromatic rings. The zero-order chi connectivity index (χ0) is 18.5. The molecule has 1 saturated heterocycles. The number of piperidine rings is 1. The van der Waals surface area contributed by atoms with Crippen LogP contribution in [0.5, 0.6) is 0 Å². The minimum Gasteiger partial charge on any atom is -0.459 e. The molecule has 6 nitrogen and oxygen atoms in total. The number of furan rings is 1. The maximum Gasteiger partial charge on any atom is 0.291 e. The van der Waals surface area contributed by atoms with Gasteiger partial charge in [-0.1, -0.05) is 0 Å². The number of anilines is 1. The van der Waals surface area contributed by atoms with Crippen molar-refractivity contribution in [1.82, 2.24) is 10.2 Å². The molecule has 2 aromatic heterocycles. The summed E-state index contributed by atoms with van der Waals surface area (Å²) >= 11 is 1.33. The van der Waals surface area contributed by atoms with Crippen molar-refractivity contribution in [2.24, 2.45) is 5.92 Å². The summed E-state index contributed by atoms with van der Waals surface area (Å²) in [7, 11) is 1.97. The number of hydrogen-bond donors (Lipinski definition) is 2. The van der Waals surface area contributed by atoms with Gasteiger partial charge in [-0.2, -0.15) is 0 Å². The molecular weight excluding hydrogens is 386 g/mol. The standard InChI is InChI=1S/C19H25N3O3S.ClH/c1-13-12-16(21-18(23)15-4-3-11-25-15)26-17(13)19(24)22-9-6-14(7-10-22)5-8-20-2;/h3-4,11-12,14,20H,5-10H2,1-2H3,(H,21,23);1H. The van der Waals surface area contributed by atoms with Gasteiger partial charge in [0.25, 0.3) is 11.8 Å².